The van der Waals surface area contributed by atoms with Crippen LogP contribution in [0.15, 0.2) is 51.8 Å². The summed E-state index contributed by atoms with van der Waals surface area (Å²) in [4.78, 5) is 24.7. The highest BCUT2D eigenvalue weighted by atomic mass is 16.5. The first-order valence-corrected chi connectivity index (χ1v) is 9.22. The molecule has 0 radical (unpaired) electrons. The summed E-state index contributed by atoms with van der Waals surface area (Å²) in [6, 6.07) is 10.9. The minimum Gasteiger partial charge on any atom is -0.497 e. The maximum atomic E-state index is 12.4. The van der Waals surface area contributed by atoms with Crippen molar-refractivity contribution in [2.24, 2.45) is 0 Å². The topological polar surface area (TPSA) is 98.7 Å². The molecular formula is C21H20N4O4. The summed E-state index contributed by atoms with van der Waals surface area (Å²) in [6.45, 7) is 2.12. The predicted molar refractivity (Wildman–Crippen MR) is 107 cm³/mol. The number of nitrogens with zero attached hydrogens (tertiary/aromatic N) is 3. The maximum absolute atomic E-state index is 12.4. The van der Waals surface area contributed by atoms with E-state index in [2.05, 4.69) is 15.5 Å². The summed E-state index contributed by atoms with van der Waals surface area (Å²) in [5.41, 5.74) is 2.08. The van der Waals surface area contributed by atoms with Crippen LogP contribution in [-0.4, -0.2) is 27.6 Å². The SMILES string of the molecule is COc1ccc2c(C)c(CCC(=O)NCc3nnc4ccccn34)c(=O)oc2c1. The van der Waals surface area contributed by atoms with Gasteiger partial charge < -0.3 is 14.5 Å². The lowest BCUT2D eigenvalue weighted by molar-refractivity contribution is -0.121. The Balaban J connectivity index is 1.45. The van der Waals surface area contributed by atoms with Gasteiger partial charge >= 0.3 is 5.63 Å². The number of fused-ring (bicyclic) bond motifs is 2. The fraction of sp³-hybridized carbons (Fsp3) is 0.238. The number of hydrogen-bond acceptors (Lipinski definition) is 6. The molecule has 0 saturated heterocycles. The van der Waals surface area contributed by atoms with Crippen LogP contribution in [0.2, 0.25) is 0 Å². The number of rotatable bonds is 6. The third-order valence-corrected chi connectivity index (χ3v) is 4.92. The van der Waals surface area contributed by atoms with E-state index in [0.29, 0.717) is 29.1 Å². The van der Waals surface area contributed by atoms with Crippen LogP contribution in [0.5, 0.6) is 5.75 Å². The molecule has 8 heteroatoms. The number of carbonyl (C=O) groups excluding carboxylic acids is 1. The van der Waals surface area contributed by atoms with Gasteiger partial charge in [0, 0.05) is 29.6 Å². The van der Waals surface area contributed by atoms with Crippen molar-refractivity contribution < 1.29 is 13.9 Å². The van der Waals surface area contributed by atoms with Crippen LogP contribution in [0.4, 0.5) is 0 Å². The maximum Gasteiger partial charge on any atom is 0.339 e. The monoisotopic (exact) mass is 392 g/mol. The Kier molecular flexibility index (Phi) is 4.99. The molecule has 148 valence electrons. The molecule has 0 unspecified atom stereocenters. The highest BCUT2D eigenvalue weighted by Gasteiger charge is 2.14. The molecule has 0 atom stereocenters. The van der Waals surface area contributed by atoms with Crippen molar-refractivity contribution in [1.29, 1.82) is 0 Å². The third kappa shape index (κ3) is 3.69. The number of pyridine rings is 1. The van der Waals surface area contributed by atoms with Crippen LogP contribution in [0.25, 0.3) is 16.6 Å². The van der Waals surface area contributed by atoms with Gasteiger partial charge in [0.1, 0.15) is 11.3 Å². The average Bonchev–Trinajstić information content (AvgIpc) is 3.14. The van der Waals surface area contributed by atoms with E-state index in [0.717, 1.165) is 16.6 Å². The smallest absolute Gasteiger partial charge is 0.339 e. The molecule has 1 N–H and O–H groups in total. The van der Waals surface area contributed by atoms with Gasteiger partial charge in [-0.05, 0) is 43.2 Å². The Hall–Kier alpha value is -3.68. The van der Waals surface area contributed by atoms with Gasteiger partial charge in [0.2, 0.25) is 5.91 Å². The van der Waals surface area contributed by atoms with Crippen molar-refractivity contribution in [3.8, 4) is 5.75 Å². The van der Waals surface area contributed by atoms with E-state index in [4.69, 9.17) is 9.15 Å². The summed E-state index contributed by atoms with van der Waals surface area (Å²) in [5.74, 6) is 1.09. The molecule has 0 spiro atoms. The Morgan fingerprint density at radius 1 is 1.24 bits per heavy atom. The van der Waals surface area contributed by atoms with Crippen LogP contribution >= 0.6 is 0 Å². The van der Waals surface area contributed by atoms with E-state index in [1.165, 1.54) is 0 Å². The summed E-state index contributed by atoms with van der Waals surface area (Å²) in [5, 5.41) is 11.8. The van der Waals surface area contributed by atoms with E-state index >= 15 is 0 Å². The number of amides is 1. The highest BCUT2D eigenvalue weighted by Crippen LogP contribution is 2.24. The number of nitrogens with one attached hydrogen (secondary N) is 1. The van der Waals surface area contributed by atoms with Gasteiger partial charge in [-0.2, -0.15) is 0 Å². The molecule has 0 saturated carbocycles. The van der Waals surface area contributed by atoms with Crippen molar-refractivity contribution in [2.45, 2.75) is 26.3 Å². The molecule has 0 aliphatic heterocycles. The van der Waals surface area contributed by atoms with E-state index in [9.17, 15) is 9.59 Å². The number of benzene rings is 1. The summed E-state index contributed by atoms with van der Waals surface area (Å²) >= 11 is 0. The number of methoxy groups -OCH3 is 1. The van der Waals surface area contributed by atoms with Crippen molar-refractivity contribution >= 4 is 22.5 Å². The Morgan fingerprint density at radius 2 is 2.10 bits per heavy atom. The quantitative estimate of drug-likeness (QED) is 0.506. The molecular weight excluding hydrogens is 372 g/mol. The van der Waals surface area contributed by atoms with Gasteiger partial charge in [-0.15, -0.1) is 10.2 Å². The zero-order chi connectivity index (χ0) is 20.4. The van der Waals surface area contributed by atoms with Crippen LogP contribution in [0.3, 0.4) is 0 Å². The lowest BCUT2D eigenvalue weighted by Gasteiger charge is -2.09. The van der Waals surface area contributed by atoms with Crippen molar-refractivity contribution in [1.82, 2.24) is 19.9 Å². The minimum atomic E-state index is -0.431. The number of aromatic nitrogens is 3. The van der Waals surface area contributed by atoms with Crippen LogP contribution in [0.1, 0.15) is 23.4 Å². The average molecular weight is 392 g/mol. The Bertz CT molecular complexity index is 1260. The van der Waals surface area contributed by atoms with Gasteiger partial charge in [-0.1, -0.05) is 6.07 Å². The Labute approximate surface area is 166 Å². The first-order chi connectivity index (χ1) is 14.1. The second-order valence-corrected chi connectivity index (χ2v) is 6.68. The molecule has 0 aliphatic carbocycles. The standard InChI is InChI=1S/C21H20N4O4/c1-13-15-7-6-14(28-2)11-17(15)29-21(27)16(13)8-9-20(26)22-12-19-24-23-18-5-3-4-10-25(18)19/h3-7,10-11H,8-9,12H2,1-2H3,(H,22,26). The normalized spacial score (nSPS) is 11.1. The van der Waals surface area contributed by atoms with Gasteiger partial charge in [0.15, 0.2) is 11.5 Å². The third-order valence-electron chi connectivity index (χ3n) is 4.92. The molecule has 4 rings (SSSR count). The molecule has 1 aromatic carbocycles. The van der Waals surface area contributed by atoms with Crippen molar-refractivity contribution in [3.63, 3.8) is 0 Å². The first kappa shape index (κ1) is 18.7. The largest absolute Gasteiger partial charge is 0.497 e. The molecule has 0 fully saturated rings. The second-order valence-electron chi connectivity index (χ2n) is 6.68. The molecule has 3 aromatic heterocycles. The van der Waals surface area contributed by atoms with E-state index < -0.39 is 5.63 Å². The first-order valence-electron chi connectivity index (χ1n) is 9.22. The van der Waals surface area contributed by atoms with Gasteiger partial charge in [-0.3, -0.25) is 9.20 Å². The molecule has 4 aromatic rings. The lowest BCUT2D eigenvalue weighted by atomic mass is 10.0. The Morgan fingerprint density at radius 3 is 2.93 bits per heavy atom. The van der Waals surface area contributed by atoms with Crippen molar-refractivity contribution in [3.05, 3.63) is 70.0 Å². The fourth-order valence-electron chi connectivity index (χ4n) is 3.31. The molecule has 0 bridgehead atoms. The van der Waals surface area contributed by atoms with Crippen molar-refractivity contribution in [2.75, 3.05) is 7.11 Å². The van der Waals surface area contributed by atoms with Gasteiger partial charge in [0.05, 0.1) is 13.7 Å². The predicted octanol–water partition coefficient (Wildman–Crippen LogP) is 2.40. The van der Waals surface area contributed by atoms with Crippen LogP contribution < -0.4 is 15.7 Å². The van der Waals surface area contributed by atoms with Crippen LogP contribution in [0, 0.1) is 6.92 Å². The van der Waals surface area contributed by atoms with E-state index in [1.54, 1.807) is 13.2 Å². The number of carbonyl (C=O) groups is 1. The highest BCUT2D eigenvalue weighted by molar-refractivity contribution is 5.82. The molecule has 29 heavy (non-hydrogen) atoms. The van der Waals surface area contributed by atoms with Crippen LogP contribution in [-0.2, 0) is 17.8 Å². The van der Waals surface area contributed by atoms with Gasteiger partial charge in [0.25, 0.3) is 0 Å². The lowest BCUT2D eigenvalue weighted by Crippen LogP contribution is -2.25. The summed E-state index contributed by atoms with van der Waals surface area (Å²) < 4.78 is 12.4. The summed E-state index contributed by atoms with van der Waals surface area (Å²) in [6.07, 6.45) is 2.31. The minimum absolute atomic E-state index is 0.171. The molecule has 0 aliphatic rings. The molecule has 8 nitrogen and oxygen atoms in total. The van der Waals surface area contributed by atoms with E-state index in [1.807, 2.05) is 47.9 Å². The number of hydrogen-bond donors (Lipinski definition) is 1. The zero-order valence-electron chi connectivity index (χ0n) is 16.1. The molecule has 1 amide bonds. The number of ether oxygens (including phenoxy) is 1. The van der Waals surface area contributed by atoms with Gasteiger partial charge in [-0.25, -0.2) is 4.79 Å². The second kappa shape index (κ2) is 7.75. The van der Waals surface area contributed by atoms with E-state index in [-0.39, 0.29) is 18.9 Å². The number of aryl methyl sites for hydroxylation is 1. The zero-order valence-corrected chi connectivity index (χ0v) is 16.1. The molecule has 3 heterocycles. The summed E-state index contributed by atoms with van der Waals surface area (Å²) in [7, 11) is 1.56. The fourth-order valence-corrected chi connectivity index (χ4v) is 3.31.